The van der Waals surface area contributed by atoms with E-state index in [0.717, 1.165) is 5.69 Å². The van der Waals surface area contributed by atoms with E-state index < -0.39 is 23.0 Å². The summed E-state index contributed by atoms with van der Waals surface area (Å²) in [4.78, 5) is -0.0350. The molecule has 0 radical (unpaired) electrons. The molecule has 0 aliphatic carbocycles. The van der Waals surface area contributed by atoms with Crippen molar-refractivity contribution < 1.29 is 17.2 Å². The first-order chi connectivity index (χ1) is 7.45. The molecule has 0 saturated heterocycles. The highest BCUT2D eigenvalue weighted by atomic mass is 32.2. The Morgan fingerprint density at radius 1 is 1.25 bits per heavy atom. The molecule has 16 heavy (non-hydrogen) atoms. The van der Waals surface area contributed by atoms with Crippen LogP contribution in [-0.4, -0.2) is 28.4 Å². The van der Waals surface area contributed by atoms with Gasteiger partial charge in [-0.05, 0) is 24.3 Å². The van der Waals surface area contributed by atoms with Gasteiger partial charge in [0.15, 0.2) is 0 Å². The number of benzene rings is 1. The number of hydrogen-bond donors (Lipinski definition) is 2. The Kier molecular flexibility index (Phi) is 4.19. The minimum atomic E-state index is -3.84. The average molecular weight is 250 g/mol. The molecule has 1 rings (SSSR count). The predicted molar refractivity (Wildman–Crippen MR) is 57.2 cm³/mol. The Balaban J connectivity index is 2.82. The molecule has 1 aromatic rings. The van der Waals surface area contributed by atoms with Gasteiger partial charge in [-0.15, -0.1) is 0 Å². The molecule has 1 aromatic carbocycles. The summed E-state index contributed by atoms with van der Waals surface area (Å²) in [6.07, 6.45) is -2.70. The average Bonchev–Trinajstić information content (AvgIpc) is 2.27. The molecule has 0 spiro atoms. The van der Waals surface area contributed by atoms with Crippen molar-refractivity contribution in [3.8, 4) is 0 Å². The van der Waals surface area contributed by atoms with Gasteiger partial charge < -0.3 is 5.32 Å². The summed E-state index contributed by atoms with van der Waals surface area (Å²) in [5.41, 5.74) is 0.743. The topological polar surface area (TPSA) is 58.2 Å². The van der Waals surface area contributed by atoms with Crippen molar-refractivity contribution in [2.24, 2.45) is 0 Å². The highest BCUT2D eigenvalue weighted by Gasteiger charge is 2.15. The zero-order valence-electron chi connectivity index (χ0n) is 8.57. The fraction of sp³-hybridized carbons (Fsp3) is 0.333. The van der Waals surface area contributed by atoms with Crippen molar-refractivity contribution in [1.29, 1.82) is 0 Å². The maximum absolute atomic E-state index is 11.9. The van der Waals surface area contributed by atoms with E-state index in [1.54, 1.807) is 19.2 Å². The third-order valence-electron chi connectivity index (χ3n) is 1.88. The van der Waals surface area contributed by atoms with Crippen molar-refractivity contribution in [1.82, 2.24) is 4.72 Å². The first kappa shape index (κ1) is 12.9. The smallest absolute Gasteiger partial charge is 0.251 e. The van der Waals surface area contributed by atoms with E-state index in [-0.39, 0.29) is 4.90 Å². The molecule has 0 aromatic heterocycles. The maximum Gasteiger partial charge on any atom is 0.251 e. The zero-order chi connectivity index (χ0) is 12.2. The zero-order valence-corrected chi connectivity index (χ0v) is 9.39. The fourth-order valence-electron chi connectivity index (χ4n) is 1.06. The van der Waals surface area contributed by atoms with E-state index in [1.165, 1.54) is 12.1 Å². The standard InChI is InChI=1S/C9H12F2N2O2S/c1-12-7-2-4-8(5-3-7)16(14,15)13-6-9(10)11/h2-5,9,12-13H,6H2,1H3. The summed E-state index contributed by atoms with van der Waals surface area (Å²) in [5, 5.41) is 2.82. The van der Waals surface area contributed by atoms with Crippen LogP contribution < -0.4 is 10.0 Å². The number of halogens is 2. The van der Waals surface area contributed by atoms with Gasteiger partial charge in [0, 0.05) is 12.7 Å². The second-order valence-electron chi connectivity index (χ2n) is 3.02. The van der Waals surface area contributed by atoms with Crippen LogP contribution in [0.3, 0.4) is 0 Å². The lowest BCUT2D eigenvalue weighted by molar-refractivity contribution is 0.153. The van der Waals surface area contributed by atoms with Crippen molar-refractivity contribution in [3.05, 3.63) is 24.3 Å². The van der Waals surface area contributed by atoms with Crippen LogP contribution in [0.2, 0.25) is 0 Å². The summed E-state index contributed by atoms with van der Waals surface area (Å²) >= 11 is 0. The van der Waals surface area contributed by atoms with Crippen LogP contribution in [-0.2, 0) is 10.0 Å². The Labute approximate surface area is 92.7 Å². The summed E-state index contributed by atoms with van der Waals surface area (Å²) < 4.78 is 48.5. The number of sulfonamides is 1. The Morgan fingerprint density at radius 3 is 2.25 bits per heavy atom. The SMILES string of the molecule is CNc1ccc(S(=O)(=O)NCC(F)F)cc1. The minimum Gasteiger partial charge on any atom is -0.388 e. The first-order valence-electron chi connectivity index (χ1n) is 4.51. The molecule has 2 N–H and O–H groups in total. The number of nitrogens with one attached hydrogen (secondary N) is 2. The second kappa shape index (κ2) is 5.22. The molecule has 0 fully saturated rings. The lowest BCUT2D eigenvalue weighted by Gasteiger charge is -2.06. The third kappa shape index (κ3) is 3.42. The normalized spacial score (nSPS) is 11.8. The van der Waals surface area contributed by atoms with Gasteiger partial charge in [0.05, 0.1) is 11.4 Å². The molecule has 7 heteroatoms. The van der Waals surface area contributed by atoms with Crippen molar-refractivity contribution in [2.45, 2.75) is 11.3 Å². The highest BCUT2D eigenvalue weighted by Crippen LogP contribution is 2.13. The number of rotatable bonds is 5. The van der Waals surface area contributed by atoms with E-state index in [2.05, 4.69) is 5.32 Å². The summed E-state index contributed by atoms with van der Waals surface area (Å²) in [6, 6.07) is 5.80. The van der Waals surface area contributed by atoms with Crippen LogP contribution in [0.25, 0.3) is 0 Å². The Bertz CT molecular complexity index is 431. The molecule has 0 aliphatic rings. The van der Waals surface area contributed by atoms with Gasteiger partial charge in [-0.1, -0.05) is 0 Å². The van der Waals surface area contributed by atoms with Crippen LogP contribution in [0.5, 0.6) is 0 Å². The highest BCUT2D eigenvalue weighted by molar-refractivity contribution is 7.89. The fourth-order valence-corrected chi connectivity index (χ4v) is 2.06. The summed E-state index contributed by atoms with van der Waals surface area (Å²) in [7, 11) is -2.15. The van der Waals surface area contributed by atoms with Crippen LogP contribution in [0.1, 0.15) is 0 Å². The molecule has 90 valence electrons. The summed E-state index contributed by atoms with van der Waals surface area (Å²) in [6.45, 7) is -0.879. The lowest BCUT2D eigenvalue weighted by Crippen LogP contribution is -2.28. The molecule has 0 saturated carbocycles. The molecular formula is C9H12F2N2O2S. The molecule has 0 amide bonds. The van der Waals surface area contributed by atoms with Crippen molar-refractivity contribution in [3.63, 3.8) is 0 Å². The van der Waals surface area contributed by atoms with E-state index in [4.69, 9.17) is 0 Å². The van der Waals surface area contributed by atoms with Gasteiger partial charge in [0.25, 0.3) is 6.43 Å². The molecule has 0 unspecified atom stereocenters. The molecular weight excluding hydrogens is 238 g/mol. The van der Waals surface area contributed by atoms with E-state index in [0.29, 0.717) is 0 Å². The molecule has 4 nitrogen and oxygen atoms in total. The Morgan fingerprint density at radius 2 is 1.81 bits per heavy atom. The van der Waals surface area contributed by atoms with Crippen LogP contribution in [0.15, 0.2) is 29.2 Å². The second-order valence-corrected chi connectivity index (χ2v) is 4.78. The molecule has 0 aliphatic heterocycles. The van der Waals surface area contributed by atoms with Crippen LogP contribution in [0.4, 0.5) is 14.5 Å². The van der Waals surface area contributed by atoms with Crippen LogP contribution in [0, 0.1) is 0 Å². The van der Waals surface area contributed by atoms with Crippen molar-refractivity contribution >= 4 is 15.7 Å². The van der Waals surface area contributed by atoms with E-state index in [1.807, 2.05) is 4.72 Å². The minimum absolute atomic E-state index is 0.0350. The molecule has 0 bridgehead atoms. The van der Waals surface area contributed by atoms with Gasteiger partial charge in [-0.25, -0.2) is 21.9 Å². The van der Waals surface area contributed by atoms with Gasteiger partial charge >= 0.3 is 0 Å². The number of hydrogen-bond acceptors (Lipinski definition) is 3. The van der Waals surface area contributed by atoms with Gasteiger partial charge in [0.2, 0.25) is 10.0 Å². The maximum atomic E-state index is 11.9. The molecule has 0 atom stereocenters. The quantitative estimate of drug-likeness (QED) is 0.827. The largest absolute Gasteiger partial charge is 0.388 e. The monoisotopic (exact) mass is 250 g/mol. The number of alkyl halides is 2. The van der Waals surface area contributed by atoms with Crippen LogP contribution >= 0.6 is 0 Å². The van der Waals surface area contributed by atoms with Gasteiger partial charge in [-0.3, -0.25) is 0 Å². The van der Waals surface area contributed by atoms with Gasteiger partial charge in [0.1, 0.15) is 0 Å². The number of anilines is 1. The summed E-state index contributed by atoms with van der Waals surface area (Å²) in [5.74, 6) is 0. The third-order valence-corrected chi connectivity index (χ3v) is 3.32. The lowest BCUT2D eigenvalue weighted by atomic mass is 10.3. The Hall–Kier alpha value is -1.21. The van der Waals surface area contributed by atoms with E-state index in [9.17, 15) is 17.2 Å². The van der Waals surface area contributed by atoms with Crippen molar-refractivity contribution in [2.75, 3.05) is 18.9 Å². The van der Waals surface area contributed by atoms with Gasteiger partial charge in [-0.2, -0.15) is 0 Å². The predicted octanol–water partition coefficient (Wildman–Crippen LogP) is 1.27. The molecule has 0 heterocycles. The first-order valence-corrected chi connectivity index (χ1v) is 5.99. The van der Waals surface area contributed by atoms with E-state index >= 15 is 0 Å².